The molecule has 1 aliphatic heterocycles. The van der Waals surface area contributed by atoms with Crippen LogP contribution in [-0.2, 0) is 11.8 Å². The molecule has 1 fully saturated rings. The summed E-state index contributed by atoms with van der Waals surface area (Å²) in [6.45, 7) is 0. The van der Waals surface area contributed by atoms with Gasteiger partial charge in [0.15, 0.2) is 0 Å². The van der Waals surface area contributed by atoms with Crippen LogP contribution in [0.15, 0.2) is 16.7 Å². The Morgan fingerprint density at radius 3 is 2.86 bits per heavy atom. The largest absolute Gasteiger partial charge is 0.345 e. The maximum absolute atomic E-state index is 11.9. The van der Waals surface area contributed by atoms with Gasteiger partial charge in [-0.1, -0.05) is 28.0 Å². The Morgan fingerprint density at radius 1 is 1.41 bits per heavy atom. The molecule has 0 bridgehead atoms. The second kappa shape index (κ2) is 8.88. The van der Waals surface area contributed by atoms with Crippen molar-refractivity contribution in [2.45, 2.75) is 37.4 Å². The molecule has 1 aromatic heterocycles. The summed E-state index contributed by atoms with van der Waals surface area (Å²) >= 11 is 3.31. The van der Waals surface area contributed by atoms with Gasteiger partial charge in [0, 0.05) is 35.1 Å². The average molecular weight is 406 g/mol. The van der Waals surface area contributed by atoms with Crippen molar-refractivity contribution in [3.63, 3.8) is 0 Å². The van der Waals surface area contributed by atoms with Crippen LogP contribution in [0.5, 0.6) is 0 Å². The smallest absolute Gasteiger partial charge is 0.286 e. The molecule has 2 amide bonds. The topological polar surface area (TPSA) is 63.1 Å². The van der Waals surface area contributed by atoms with E-state index in [2.05, 4.69) is 26.8 Å². The summed E-state index contributed by atoms with van der Waals surface area (Å²) in [6, 6.07) is 1.71. The van der Waals surface area contributed by atoms with Gasteiger partial charge in [0.25, 0.3) is 5.91 Å². The summed E-state index contributed by atoms with van der Waals surface area (Å²) in [5.41, 5.74) is 5.41. The Hall–Kier alpha value is -0.600. The molecule has 1 aromatic rings. The third kappa shape index (κ3) is 5.55. The Balaban J connectivity index is 1.60. The second-order valence-electron chi connectivity index (χ2n) is 5.23. The molecule has 1 unspecified atom stereocenters. The highest BCUT2D eigenvalue weighted by atomic mass is 79.9. The highest BCUT2D eigenvalue weighted by Crippen LogP contribution is 2.39. The molecule has 1 saturated heterocycles. The number of aryl methyl sites for hydroxylation is 1. The van der Waals surface area contributed by atoms with Crippen molar-refractivity contribution in [3.8, 4) is 0 Å². The lowest BCUT2D eigenvalue weighted by atomic mass is 10.1. The van der Waals surface area contributed by atoms with Crippen molar-refractivity contribution in [1.29, 1.82) is 0 Å². The molecule has 22 heavy (non-hydrogen) atoms. The number of carbonyl (C=O) groups is 2. The van der Waals surface area contributed by atoms with E-state index in [9.17, 15) is 9.59 Å². The Bertz CT molecular complexity index is 530. The van der Waals surface area contributed by atoms with Crippen LogP contribution < -0.4 is 10.9 Å². The first-order chi connectivity index (χ1) is 10.6. The first-order valence-electron chi connectivity index (χ1n) is 7.25. The summed E-state index contributed by atoms with van der Waals surface area (Å²) in [7, 11) is 5.69. The zero-order chi connectivity index (χ0) is 15.9. The van der Waals surface area contributed by atoms with E-state index in [1.807, 2.05) is 21.6 Å². The minimum absolute atomic E-state index is 0.143. The zero-order valence-electron chi connectivity index (χ0n) is 12.4. The molecule has 0 saturated carbocycles. The molecule has 0 spiro atoms. The number of hydrogen-bond donors (Lipinski definition) is 2. The molecule has 1 aliphatic rings. The number of nitrogens with one attached hydrogen (secondary N) is 2. The van der Waals surface area contributed by atoms with Crippen LogP contribution in [-0.4, -0.2) is 27.4 Å². The van der Waals surface area contributed by atoms with E-state index in [0.717, 1.165) is 22.6 Å². The third-order valence-corrected chi connectivity index (χ3v) is 6.87. The molecule has 2 heterocycles. The predicted octanol–water partition coefficient (Wildman–Crippen LogP) is 3.26. The van der Waals surface area contributed by atoms with Gasteiger partial charge >= 0.3 is 0 Å². The predicted molar refractivity (Wildman–Crippen MR) is 95.6 cm³/mol. The number of aromatic nitrogens is 1. The van der Waals surface area contributed by atoms with Crippen LogP contribution in [0.25, 0.3) is 0 Å². The van der Waals surface area contributed by atoms with E-state index in [0.29, 0.717) is 12.1 Å². The van der Waals surface area contributed by atoms with E-state index in [1.54, 1.807) is 23.9 Å². The van der Waals surface area contributed by atoms with Crippen LogP contribution in [0.3, 0.4) is 0 Å². The second-order valence-corrected chi connectivity index (χ2v) is 8.93. The molecule has 0 radical (unpaired) electrons. The minimum Gasteiger partial charge on any atom is -0.345 e. The van der Waals surface area contributed by atoms with Gasteiger partial charge in [0.2, 0.25) is 5.91 Å². The fourth-order valence-electron chi connectivity index (χ4n) is 2.22. The van der Waals surface area contributed by atoms with Gasteiger partial charge in [0.05, 0.1) is 0 Å². The van der Waals surface area contributed by atoms with Crippen molar-refractivity contribution in [1.82, 2.24) is 15.4 Å². The third-order valence-electron chi connectivity index (χ3n) is 3.43. The van der Waals surface area contributed by atoms with Gasteiger partial charge in [-0.05, 0) is 41.3 Å². The lowest BCUT2D eigenvalue weighted by molar-refractivity contribution is -0.122. The van der Waals surface area contributed by atoms with Crippen molar-refractivity contribution >= 4 is 49.3 Å². The summed E-state index contributed by atoms with van der Waals surface area (Å²) in [4.78, 5) is 23.6. The van der Waals surface area contributed by atoms with Crippen molar-refractivity contribution in [3.05, 3.63) is 22.4 Å². The highest BCUT2D eigenvalue weighted by Gasteiger charge is 2.16. The summed E-state index contributed by atoms with van der Waals surface area (Å²) in [5, 5.41) is 0.753. The highest BCUT2D eigenvalue weighted by molar-refractivity contribution is 9.10. The van der Waals surface area contributed by atoms with Crippen LogP contribution >= 0.6 is 37.5 Å². The van der Waals surface area contributed by atoms with Crippen molar-refractivity contribution in [2.24, 2.45) is 7.05 Å². The van der Waals surface area contributed by atoms with Gasteiger partial charge in [-0.2, -0.15) is 0 Å². The monoisotopic (exact) mass is 405 g/mol. The maximum atomic E-state index is 11.9. The number of amides is 2. The van der Waals surface area contributed by atoms with Crippen LogP contribution in [0.1, 0.15) is 42.6 Å². The van der Waals surface area contributed by atoms with Gasteiger partial charge in [0.1, 0.15) is 5.69 Å². The number of halogens is 1. The van der Waals surface area contributed by atoms with Crippen molar-refractivity contribution in [2.75, 3.05) is 5.75 Å². The first kappa shape index (κ1) is 17.7. The van der Waals surface area contributed by atoms with E-state index in [-0.39, 0.29) is 11.8 Å². The number of hydrogen-bond acceptors (Lipinski definition) is 4. The first-order valence-corrected chi connectivity index (χ1v) is 10.4. The number of hydrazine groups is 1. The minimum atomic E-state index is -0.319. The molecule has 2 N–H and O–H groups in total. The Labute approximate surface area is 146 Å². The van der Waals surface area contributed by atoms with Gasteiger partial charge in [-0.15, -0.1) is 0 Å². The van der Waals surface area contributed by atoms with E-state index < -0.39 is 0 Å². The SMILES string of the molecule is Cn1cc(Br)cc1C(=O)NNC(=O)CCCCC1CCSS1. The lowest BCUT2D eigenvalue weighted by Crippen LogP contribution is -2.42. The summed E-state index contributed by atoms with van der Waals surface area (Å²) < 4.78 is 2.53. The Morgan fingerprint density at radius 2 is 2.23 bits per heavy atom. The number of rotatable bonds is 6. The van der Waals surface area contributed by atoms with Gasteiger partial charge in [-0.3, -0.25) is 20.4 Å². The molecule has 8 heteroatoms. The van der Waals surface area contributed by atoms with E-state index in [1.165, 1.54) is 18.6 Å². The van der Waals surface area contributed by atoms with Crippen molar-refractivity contribution < 1.29 is 9.59 Å². The fourth-order valence-corrected chi connectivity index (χ4v) is 5.78. The molecule has 1 atom stereocenters. The maximum Gasteiger partial charge on any atom is 0.286 e. The molecule has 0 aromatic carbocycles. The van der Waals surface area contributed by atoms with E-state index in [4.69, 9.17) is 0 Å². The number of carbonyl (C=O) groups excluding carboxylic acids is 2. The normalized spacial score (nSPS) is 17.5. The van der Waals surface area contributed by atoms with Crippen LogP contribution in [0.2, 0.25) is 0 Å². The van der Waals surface area contributed by atoms with E-state index >= 15 is 0 Å². The number of unbranched alkanes of at least 4 members (excludes halogenated alkanes) is 1. The molecule has 5 nitrogen and oxygen atoms in total. The van der Waals surface area contributed by atoms with Crippen LogP contribution in [0.4, 0.5) is 0 Å². The standard InChI is InChI=1S/C14H20BrN3O2S2/c1-18-9-10(15)8-12(18)14(20)17-16-13(19)5-3-2-4-11-6-7-21-22-11/h8-9,11H,2-7H2,1H3,(H,16,19)(H,17,20). The quantitative estimate of drug-likeness (QED) is 0.433. The van der Waals surface area contributed by atoms with Gasteiger partial charge < -0.3 is 4.57 Å². The lowest BCUT2D eigenvalue weighted by Gasteiger charge is -2.09. The average Bonchev–Trinajstić information content (AvgIpc) is 3.10. The molecule has 0 aliphatic carbocycles. The molecular weight excluding hydrogens is 386 g/mol. The zero-order valence-corrected chi connectivity index (χ0v) is 15.7. The summed E-state index contributed by atoms with van der Waals surface area (Å²) in [5.74, 6) is 0.785. The summed E-state index contributed by atoms with van der Waals surface area (Å²) in [6.07, 6.45) is 6.61. The number of nitrogens with zero attached hydrogens (tertiary/aromatic N) is 1. The van der Waals surface area contributed by atoms with Crippen LogP contribution in [0, 0.1) is 0 Å². The molecule has 2 rings (SSSR count). The Kier molecular flexibility index (Phi) is 7.17. The molecule has 122 valence electrons. The fraction of sp³-hybridized carbons (Fsp3) is 0.571. The van der Waals surface area contributed by atoms with Gasteiger partial charge in [-0.25, -0.2) is 0 Å². The molecular formula is C14H20BrN3O2S2.